The lowest BCUT2D eigenvalue weighted by molar-refractivity contribution is -0.119. The molecule has 3 rings (SSSR count). The molecule has 0 spiro atoms. The smallest absolute Gasteiger partial charge is 0.263 e. The minimum absolute atomic E-state index is 0.00904. The SMILES string of the molecule is CCCn1c(SCC(=O)NC(CC)CC)nc2sc3c(c2c1=O)CCC3. The Morgan fingerprint density at radius 3 is 2.77 bits per heavy atom. The number of carbonyl (C=O) groups is 1. The summed E-state index contributed by atoms with van der Waals surface area (Å²) in [5.41, 5.74) is 1.29. The van der Waals surface area contributed by atoms with Crippen molar-refractivity contribution in [2.75, 3.05) is 5.75 Å². The molecule has 0 radical (unpaired) electrons. The monoisotopic (exact) mass is 393 g/mol. The fourth-order valence-corrected chi connectivity index (χ4v) is 5.62. The molecule has 0 saturated heterocycles. The van der Waals surface area contributed by atoms with Crippen LogP contribution in [0.3, 0.4) is 0 Å². The predicted molar refractivity (Wildman–Crippen MR) is 109 cm³/mol. The van der Waals surface area contributed by atoms with Gasteiger partial charge in [-0.3, -0.25) is 14.2 Å². The Balaban J connectivity index is 1.86. The van der Waals surface area contributed by atoms with Gasteiger partial charge in [0, 0.05) is 17.5 Å². The molecule has 0 saturated carbocycles. The molecule has 0 bridgehead atoms. The van der Waals surface area contributed by atoms with E-state index >= 15 is 0 Å². The molecule has 0 fully saturated rings. The standard InChI is InChI=1S/C19H27N3O2S2/c1-4-10-22-18(24)16-13-8-7-9-14(13)26-17(16)21-19(22)25-11-15(23)20-12(5-2)6-3/h12H,4-11H2,1-3H3,(H,20,23). The molecule has 26 heavy (non-hydrogen) atoms. The maximum atomic E-state index is 13.1. The van der Waals surface area contributed by atoms with Crippen molar-refractivity contribution in [2.45, 2.75) is 77.0 Å². The van der Waals surface area contributed by atoms with Gasteiger partial charge in [-0.1, -0.05) is 32.5 Å². The van der Waals surface area contributed by atoms with Gasteiger partial charge in [-0.2, -0.15) is 0 Å². The highest BCUT2D eigenvalue weighted by molar-refractivity contribution is 7.99. The fraction of sp³-hybridized carbons (Fsp3) is 0.632. The summed E-state index contributed by atoms with van der Waals surface area (Å²) in [6, 6.07) is 0.219. The van der Waals surface area contributed by atoms with E-state index < -0.39 is 0 Å². The first-order valence-electron chi connectivity index (χ1n) is 9.56. The van der Waals surface area contributed by atoms with Gasteiger partial charge in [0.05, 0.1) is 11.1 Å². The maximum Gasteiger partial charge on any atom is 0.263 e. The number of aryl methyl sites for hydroxylation is 2. The molecule has 0 unspecified atom stereocenters. The van der Waals surface area contributed by atoms with Gasteiger partial charge >= 0.3 is 0 Å². The molecule has 2 heterocycles. The van der Waals surface area contributed by atoms with E-state index in [9.17, 15) is 9.59 Å². The summed E-state index contributed by atoms with van der Waals surface area (Å²) in [4.78, 5) is 32.3. The second kappa shape index (κ2) is 8.57. The van der Waals surface area contributed by atoms with Crippen molar-refractivity contribution in [1.29, 1.82) is 0 Å². The normalized spacial score (nSPS) is 13.5. The third-order valence-corrected chi connectivity index (χ3v) is 7.08. The second-order valence-electron chi connectivity index (χ2n) is 6.76. The minimum Gasteiger partial charge on any atom is -0.353 e. The van der Waals surface area contributed by atoms with Crippen molar-refractivity contribution in [3.8, 4) is 0 Å². The summed E-state index contributed by atoms with van der Waals surface area (Å²) < 4.78 is 1.77. The van der Waals surface area contributed by atoms with Gasteiger partial charge in [-0.15, -0.1) is 11.3 Å². The molecule has 1 N–H and O–H groups in total. The third-order valence-electron chi connectivity index (χ3n) is 4.92. The number of rotatable bonds is 8. The first-order chi connectivity index (χ1) is 12.6. The first kappa shape index (κ1) is 19.4. The van der Waals surface area contributed by atoms with Crippen LogP contribution < -0.4 is 10.9 Å². The van der Waals surface area contributed by atoms with E-state index in [0.717, 1.165) is 48.7 Å². The fourth-order valence-electron chi connectivity index (χ4n) is 3.48. The van der Waals surface area contributed by atoms with Crippen molar-refractivity contribution >= 4 is 39.2 Å². The van der Waals surface area contributed by atoms with Crippen LogP contribution in [-0.4, -0.2) is 27.3 Å². The second-order valence-corrected chi connectivity index (χ2v) is 8.78. The molecular weight excluding hydrogens is 366 g/mol. The Bertz CT molecular complexity index is 853. The Kier molecular flexibility index (Phi) is 6.40. The lowest BCUT2D eigenvalue weighted by Gasteiger charge is -2.15. The average Bonchev–Trinajstić information content (AvgIpc) is 3.21. The molecular formula is C19H27N3O2S2. The molecule has 0 aromatic carbocycles. The van der Waals surface area contributed by atoms with E-state index in [0.29, 0.717) is 17.5 Å². The number of carbonyl (C=O) groups excluding carboxylic acids is 1. The van der Waals surface area contributed by atoms with Crippen molar-refractivity contribution in [3.05, 3.63) is 20.8 Å². The van der Waals surface area contributed by atoms with Gasteiger partial charge < -0.3 is 5.32 Å². The number of nitrogens with one attached hydrogen (secondary N) is 1. The molecule has 2 aromatic heterocycles. The van der Waals surface area contributed by atoms with E-state index in [4.69, 9.17) is 4.98 Å². The van der Waals surface area contributed by atoms with Crippen molar-refractivity contribution in [1.82, 2.24) is 14.9 Å². The maximum absolute atomic E-state index is 13.1. The largest absolute Gasteiger partial charge is 0.353 e. The quantitative estimate of drug-likeness (QED) is 0.548. The Hall–Kier alpha value is -1.34. The lowest BCUT2D eigenvalue weighted by Crippen LogP contribution is -2.35. The van der Waals surface area contributed by atoms with Crippen molar-refractivity contribution < 1.29 is 4.79 Å². The van der Waals surface area contributed by atoms with Crippen LogP contribution in [0.4, 0.5) is 0 Å². The molecule has 1 aliphatic rings. The van der Waals surface area contributed by atoms with E-state index in [2.05, 4.69) is 26.1 Å². The highest BCUT2D eigenvalue weighted by atomic mass is 32.2. The minimum atomic E-state index is 0.00904. The van der Waals surface area contributed by atoms with Crippen LogP contribution in [0, 0.1) is 0 Å². The van der Waals surface area contributed by atoms with Gasteiger partial charge in [0.15, 0.2) is 5.16 Å². The Morgan fingerprint density at radius 2 is 2.08 bits per heavy atom. The van der Waals surface area contributed by atoms with E-state index in [1.807, 2.05) is 0 Å². The van der Waals surface area contributed by atoms with Gasteiger partial charge in [0.25, 0.3) is 5.56 Å². The lowest BCUT2D eigenvalue weighted by atomic mass is 10.2. The van der Waals surface area contributed by atoms with Crippen LogP contribution in [0.15, 0.2) is 9.95 Å². The van der Waals surface area contributed by atoms with Gasteiger partial charge in [0.2, 0.25) is 5.91 Å². The summed E-state index contributed by atoms with van der Waals surface area (Å²) in [7, 11) is 0. The van der Waals surface area contributed by atoms with Gasteiger partial charge in [-0.05, 0) is 44.1 Å². The summed E-state index contributed by atoms with van der Waals surface area (Å²) in [6.07, 6.45) is 5.91. The van der Waals surface area contributed by atoms with Gasteiger partial charge in [-0.25, -0.2) is 4.98 Å². The van der Waals surface area contributed by atoms with Crippen LogP contribution in [-0.2, 0) is 24.2 Å². The van der Waals surface area contributed by atoms with Crippen LogP contribution in [0.5, 0.6) is 0 Å². The summed E-state index contributed by atoms with van der Waals surface area (Å²) in [6.45, 7) is 6.85. The number of thiophene rings is 1. The highest BCUT2D eigenvalue weighted by Crippen LogP contribution is 2.35. The van der Waals surface area contributed by atoms with E-state index in [-0.39, 0.29) is 17.5 Å². The zero-order chi connectivity index (χ0) is 18.7. The highest BCUT2D eigenvalue weighted by Gasteiger charge is 2.23. The number of amides is 1. The van der Waals surface area contributed by atoms with Gasteiger partial charge in [0.1, 0.15) is 4.83 Å². The molecule has 2 aromatic rings. The Labute approximate surface area is 162 Å². The molecule has 5 nitrogen and oxygen atoms in total. The summed E-state index contributed by atoms with van der Waals surface area (Å²) in [5.74, 6) is 0.304. The van der Waals surface area contributed by atoms with Crippen LogP contribution >= 0.6 is 23.1 Å². The molecule has 1 amide bonds. The Morgan fingerprint density at radius 1 is 1.31 bits per heavy atom. The zero-order valence-corrected chi connectivity index (χ0v) is 17.4. The average molecular weight is 394 g/mol. The van der Waals surface area contributed by atoms with Crippen LogP contribution in [0.25, 0.3) is 10.2 Å². The number of fused-ring (bicyclic) bond motifs is 3. The molecule has 0 aliphatic heterocycles. The number of hydrogen-bond acceptors (Lipinski definition) is 5. The third kappa shape index (κ3) is 3.83. The number of thioether (sulfide) groups is 1. The van der Waals surface area contributed by atoms with E-state index in [1.54, 1.807) is 15.9 Å². The van der Waals surface area contributed by atoms with Crippen LogP contribution in [0.1, 0.15) is 56.9 Å². The zero-order valence-electron chi connectivity index (χ0n) is 15.8. The number of hydrogen-bond donors (Lipinski definition) is 1. The molecule has 7 heteroatoms. The predicted octanol–water partition coefficient (Wildman–Crippen LogP) is 3.75. The topological polar surface area (TPSA) is 64.0 Å². The van der Waals surface area contributed by atoms with Crippen molar-refractivity contribution in [2.24, 2.45) is 0 Å². The van der Waals surface area contributed by atoms with Crippen LogP contribution in [0.2, 0.25) is 0 Å². The van der Waals surface area contributed by atoms with E-state index in [1.165, 1.54) is 22.2 Å². The summed E-state index contributed by atoms with van der Waals surface area (Å²) >= 11 is 3.03. The molecule has 142 valence electrons. The number of aromatic nitrogens is 2. The van der Waals surface area contributed by atoms with Crippen molar-refractivity contribution in [3.63, 3.8) is 0 Å². The number of nitrogens with zero attached hydrogens (tertiary/aromatic N) is 2. The molecule has 1 aliphatic carbocycles. The first-order valence-corrected chi connectivity index (χ1v) is 11.4. The molecule has 0 atom stereocenters. The summed E-state index contributed by atoms with van der Waals surface area (Å²) in [5, 5.41) is 4.54.